The third kappa shape index (κ3) is 3.06. The summed E-state index contributed by atoms with van der Waals surface area (Å²) in [4.78, 5) is 0. The Labute approximate surface area is 110 Å². The fourth-order valence-corrected chi connectivity index (χ4v) is 2.54. The summed E-state index contributed by atoms with van der Waals surface area (Å²) < 4.78 is 19.9. The van der Waals surface area contributed by atoms with E-state index in [1.807, 2.05) is 6.07 Å². The van der Waals surface area contributed by atoms with Gasteiger partial charge >= 0.3 is 0 Å². The zero-order chi connectivity index (χ0) is 12.3. The molecule has 1 fully saturated rings. The van der Waals surface area contributed by atoms with Gasteiger partial charge < -0.3 is 10.1 Å². The van der Waals surface area contributed by atoms with E-state index in [9.17, 15) is 4.39 Å². The van der Waals surface area contributed by atoms with Gasteiger partial charge in [0.15, 0.2) is 0 Å². The molecule has 94 valence electrons. The van der Waals surface area contributed by atoms with Gasteiger partial charge in [-0.05, 0) is 37.5 Å². The number of methoxy groups -OCH3 is 1. The molecular formula is C13H17BrFNO. The van der Waals surface area contributed by atoms with Crippen molar-refractivity contribution in [1.29, 1.82) is 0 Å². The second kappa shape index (κ2) is 5.46. The molecule has 0 amide bonds. The molecular weight excluding hydrogens is 285 g/mol. The van der Waals surface area contributed by atoms with Crippen molar-refractivity contribution in [3.63, 3.8) is 0 Å². The van der Waals surface area contributed by atoms with E-state index in [0.717, 1.165) is 23.9 Å². The molecule has 0 aliphatic heterocycles. The van der Waals surface area contributed by atoms with Crippen molar-refractivity contribution in [3.8, 4) is 0 Å². The molecule has 4 heteroatoms. The third-order valence-corrected chi connectivity index (χ3v) is 3.96. The van der Waals surface area contributed by atoms with Crippen LogP contribution in [0.4, 0.5) is 4.39 Å². The number of halogens is 2. The van der Waals surface area contributed by atoms with E-state index in [4.69, 9.17) is 4.74 Å². The van der Waals surface area contributed by atoms with Gasteiger partial charge in [0.25, 0.3) is 0 Å². The van der Waals surface area contributed by atoms with Crippen LogP contribution in [0.1, 0.15) is 24.8 Å². The molecule has 1 aromatic carbocycles. The fourth-order valence-electron chi connectivity index (χ4n) is 2.13. The van der Waals surface area contributed by atoms with Gasteiger partial charge in [0.2, 0.25) is 0 Å². The van der Waals surface area contributed by atoms with E-state index in [0.29, 0.717) is 12.1 Å². The molecule has 17 heavy (non-hydrogen) atoms. The second-order valence-electron chi connectivity index (χ2n) is 4.58. The van der Waals surface area contributed by atoms with Crippen LogP contribution in [0, 0.1) is 5.82 Å². The summed E-state index contributed by atoms with van der Waals surface area (Å²) in [7, 11) is 1.75. The number of benzene rings is 1. The number of ether oxygens (including phenoxy) is 1. The van der Waals surface area contributed by atoms with Crippen molar-refractivity contribution >= 4 is 15.9 Å². The van der Waals surface area contributed by atoms with Gasteiger partial charge in [-0.1, -0.05) is 15.9 Å². The molecule has 0 aromatic heterocycles. The Morgan fingerprint density at radius 3 is 2.82 bits per heavy atom. The summed E-state index contributed by atoms with van der Waals surface area (Å²) in [6.45, 7) is 1.33. The molecule has 0 bridgehead atoms. The van der Waals surface area contributed by atoms with E-state index >= 15 is 0 Å². The maximum atomic E-state index is 13.5. The highest BCUT2D eigenvalue weighted by Gasteiger charge is 2.36. The van der Waals surface area contributed by atoms with E-state index < -0.39 is 0 Å². The first-order chi connectivity index (χ1) is 8.15. The first-order valence-corrected chi connectivity index (χ1v) is 6.64. The van der Waals surface area contributed by atoms with Crippen LogP contribution in [0.25, 0.3) is 0 Å². The maximum Gasteiger partial charge on any atom is 0.127 e. The molecule has 1 aromatic rings. The molecule has 1 aliphatic rings. The monoisotopic (exact) mass is 301 g/mol. The van der Waals surface area contributed by atoms with Gasteiger partial charge in [-0.2, -0.15) is 0 Å². The van der Waals surface area contributed by atoms with Gasteiger partial charge in [-0.3, -0.25) is 0 Å². The zero-order valence-corrected chi connectivity index (χ0v) is 11.5. The van der Waals surface area contributed by atoms with Gasteiger partial charge in [-0.15, -0.1) is 0 Å². The minimum atomic E-state index is -0.166. The smallest absolute Gasteiger partial charge is 0.127 e. The Hall–Kier alpha value is -0.450. The van der Waals surface area contributed by atoms with Crippen LogP contribution < -0.4 is 5.32 Å². The molecule has 0 unspecified atom stereocenters. The van der Waals surface area contributed by atoms with Gasteiger partial charge in [0.1, 0.15) is 5.82 Å². The van der Waals surface area contributed by atoms with Crippen molar-refractivity contribution in [2.24, 2.45) is 0 Å². The van der Waals surface area contributed by atoms with Crippen LogP contribution in [-0.4, -0.2) is 19.3 Å². The van der Waals surface area contributed by atoms with Crippen LogP contribution in [0.3, 0.4) is 0 Å². The summed E-state index contributed by atoms with van der Waals surface area (Å²) in [5.74, 6) is -0.166. The largest absolute Gasteiger partial charge is 0.377 e. The normalized spacial score (nSPS) is 17.8. The second-order valence-corrected chi connectivity index (χ2v) is 5.50. The Morgan fingerprint density at radius 2 is 2.24 bits per heavy atom. The lowest BCUT2D eigenvalue weighted by molar-refractivity contribution is -0.0695. The molecule has 0 spiro atoms. The molecule has 0 saturated heterocycles. The first-order valence-electron chi connectivity index (χ1n) is 5.85. The first kappa shape index (κ1) is 13.0. The minimum absolute atomic E-state index is 0.0114. The molecule has 2 rings (SSSR count). The Bertz CT molecular complexity index is 387. The van der Waals surface area contributed by atoms with E-state index in [1.54, 1.807) is 13.2 Å². The Morgan fingerprint density at radius 1 is 1.47 bits per heavy atom. The van der Waals surface area contributed by atoms with E-state index in [2.05, 4.69) is 21.2 Å². The molecule has 0 atom stereocenters. The van der Waals surface area contributed by atoms with Gasteiger partial charge in [-0.25, -0.2) is 4.39 Å². The summed E-state index contributed by atoms with van der Waals surface area (Å²) in [6.07, 6.45) is 3.41. The topological polar surface area (TPSA) is 21.3 Å². The van der Waals surface area contributed by atoms with Crippen LogP contribution in [-0.2, 0) is 11.3 Å². The SMILES string of the molecule is COC1(CNCc2cc(Br)ccc2F)CCC1. The highest BCUT2D eigenvalue weighted by atomic mass is 79.9. The molecule has 1 N–H and O–H groups in total. The number of rotatable bonds is 5. The Balaban J connectivity index is 1.87. The highest BCUT2D eigenvalue weighted by Crippen LogP contribution is 2.34. The lowest BCUT2D eigenvalue weighted by atomic mass is 9.80. The average molecular weight is 302 g/mol. The van der Waals surface area contributed by atoms with Crippen molar-refractivity contribution in [1.82, 2.24) is 5.32 Å². The molecule has 1 aliphatic carbocycles. The van der Waals surface area contributed by atoms with Crippen LogP contribution in [0.5, 0.6) is 0 Å². The average Bonchev–Trinajstić information content (AvgIpc) is 2.27. The fraction of sp³-hybridized carbons (Fsp3) is 0.538. The van der Waals surface area contributed by atoms with Crippen molar-refractivity contribution < 1.29 is 9.13 Å². The maximum absolute atomic E-state index is 13.5. The predicted molar refractivity (Wildman–Crippen MR) is 69.4 cm³/mol. The predicted octanol–water partition coefficient (Wildman–Crippen LogP) is 3.25. The molecule has 0 radical (unpaired) electrons. The summed E-state index contributed by atoms with van der Waals surface area (Å²) in [6, 6.07) is 5.00. The van der Waals surface area contributed by atoms with Crippen molar-refractivity contribution in [3.05, 3.63) is 34.1 Å². The van der Waals surface area contributed by atoms with Crippen LogP contribution in [0.2, 0.25) is 0 Å². The van der Waals surface area contributed by atoms with Crippen LogP contribution >= 0.6 is 15.9 Å². The number of hydrogen-bond donors (Lipinski definition) is 1. The summed E-state index contributed by atoms with van der Waals surface area (Å²) >= 11 is 3.35. The lowest BCUT2D eigenvalue weighted by Gasteiger charge is -2.40. The molecule has 0 heterocycles. The standard InChI is InChI=1S/C13H17BrFNO/c1-17-13(5-2-6-13)9-16-8-10-7-11(14)3-4-12(10)15/h3-4,7,16H,2,5-6,8-9H2,1H3. The Kier molecular flexibility index (Phi) is 4.17. The number of hydrogen-bond acceptors (Lipinski definition) is 2. The lowest BCUT2D eigenvalue weighted by Crippen LogP contribution is -2.47. The third-order valence-electron chi connectivity index (χ3n) is 3.47. The van der Waals surface area contributed by atoms with Crippen molar-refractivity contribution in [2.75, 3.05) is 13.7 Å². The van der Waals surface area contributed by atoms with Crippen molar-refractivity contribution in [2.45, 2.75) is 31.4 Å². The summed E-state index contributed by atoms with van der Waals surface area (Å²) in [5.41, 5.74) is 0.674. The quantitative estimate of drug-likeness (QED) is 0.901. The van der Waals surface area contributed by atoms with Gasteiger partial charge in [0, 0.05) is 30.2 Å². The minimum Gasteiger partial charge on any atom is -0.377 e. The van der Waals surface area contributed by atoms with E-state index in [-0.39, 0.29) is 11.4 Å². The summed E-state index contributed by atoms with van der Waals surface area (Å²) in [5, 5.41) is 3.28. The van der Waals surface area contributed by atoms with E-state index in [1.165, 1.54) is 12.5 Å². The molecule has 1 saturated carbocycles. The zero-order valence-electron chi connectivity index (χ0n) is 9.93. The highest BCUT2D eigenvalue weighted by molar-refractivity contribution is 9.10. The molecule has 2 nitrogen and oxygen atoms in total. The van der Waals surface area contributed by atoms with Crippen LogP contribution in [0.15, 0.2) is 22.7 Å². The number of nitrogens with one attached hydrogen (secondary N) is 1. The van der Waals surface area contributed by atoms with Gasteiger partial charge in [0.05, 0.1) is 5.60 Å².